The third-order valence-corrected chi connectivity index (χ3v) is 4.75. The summed E-state index contributed by atoms with van der Waals surface area (Å²) in [5.41, 5.74) is -0.213. The predicted octanol–water partition coefficient (Wildman–Crippen LogP) is 2.84. The Morgan fingerprint density at radius 1 is 1.31 bits per heavy atom. The summed E-state index contributed by atoms with van der Waals surface area (Å²) in [6, 6.07) is 4.55. The summed E-state index contributed by atoms with van der Waals surface area (Å²) in [5.74, 6) is 0.0494. The van der Waals surface area contributed by atoms with Gasteiger partial charge in [0, 0.05) is 5.92 Å². The number of aliphatic hydroxyl groups excluding tert-OH is 1. The fourth-order valence-electron chi connectivity index (χ4n) is 3.06. The second-order valence-corrected chi connectivity index (χ2v) is 6.73. The van der Waals surface area contributed by atoms with E-state index in [-0.39, 0.29) is 22.4 Å². The lowest BCUT2D eigenvalue weighted by Crippen LogP contribution is -2.41. The molecule has 0 saturated heterocycles. The molecule has 1 aromatic carbocycles. The highest BCUT2D eigenvalue weighted by atomic mass is 35.5. The fourth-order valence-corrected chi connectivity index (χ4v) is 3.26. The van der Waals surface area contributed by atoms with Crippen LogP contribution in [0.15, 0.2) is 35.4 Å². The number of rotatable bonds is 5. The number of ether oxygens (including phenoxy) is 1. The third kappa shape index (κ3) is 4.62. The molecule has 0 spiro atoms. The van der Waals surface area contributed by atoms with Crippen molar-refractivity contribution in [3.63, 3.8) is 0 Å². The van der Waals surface area contributed by atoms with E-state index < -0.39 is 17.7 Å². The molecule has 1 aliphatic rings. The number of hydrogen-bond donors (Lipinski definition) is 3. The van der Waals surface area contributed by atoms with Crippen LogP contribution in [0, 0.1) is 5.92 Å². The van der Waals surface area contributed by atoms with Gasteiger partial charge in [0.05, 0.1) is 23.0 Å². The number of benzene rings is 1. The van der Waals surface area contributed by atoms with E-state index in [1.165, 1.54) is 24.8 Å². The molecule has 8 heteroatoms. The Labute approximate surface area is 155 Å². The zero-order valence-electron chi connectivity index (χ0n) is 14.1. The van der Waals surface area contributed by atoms with Crippen LogP contribution in [0.3, 0.4) is 0 Å². The van der Waals surface area contributed by atoms with Crippen molar-refractivity contribution in [2.75, 3.05) is 0 Å². The number of carbonyl (C=O) groups is 1. The molecule has 7 nitrogen and oxygen atoms in total. The van der Waals surface area contributed by atoms with E-state index in [0.717, 1.165) is 31.9 Å². The Kier molecular flexibility index (Phi) is 5.90. The average Bonchev–Trinajstić information content (AvgIpc) is 2.64. The molecule has 1 unspecified atom stereocenters. The van der Waals surface area contributed by atoms with E-state index in [9.17, 15) is 14.7 Å². The molecular weight excluding hydrogens is 358 g/mol. The molecule has 1 amide bonds. The molecule has 0 bridgehead atoms. The van der Waals surface area contributed by atoms with Gasteiger partial charge in [0.25, 0.3) is 11.5 Å². The maximum atomic E-state index is 12.5. The minimum absolute atomic E-state index is 0.0615. The van der Waals surface area contributed by atoms with Crippen LogP contribution in [0.4, 0.5) is 0 Å². The molecule has 1 atom stereocenters. The molecule has 138 valence electrons. The monoisotopic (exact) mass is 377 g/mol. The van der Waals surface area contributed by atoms with Crippen LogP contribution in [-0.2, 0) is 0 Å². The van der Waals surface area contributed by atoms with Crippen LogP contribution in [0.25, 0.3) is 0 Å². The first-order chi connectivity index (χ1) is 12.5. The summed E-state index contributed by atoms with van der Waals surface area (Å²) in [5, 5.41) is 13.1. The SMILES string of the molecule is O=C(NC(O)C1CCCCC1)c1cc(Oc2cncc(=O)[nH]2)ccc1Cl. The molecule has 1 aliphatic carbocycles. The van der Waals surface area contributed by atoms with Gasteiger partial charge in [-0.05, 0) is 31.0 Å². The Morgan fingerprint density at radius 2 is 2.08 bits per heavy atom. The first-order valence-electron chi connectivity index (χ1n) is 8.53. The molecule has 1 aromatic heterocycles. The zero-order chi connectivity index (χ0) is 18.5. The van der Waals surface area contributed by atoms with Crippen LogP contribution in [0.2, 0.25) is 5.02 Å². The van der Waals surface area contributed by atoms with Crippen LogP contribution < -0.4 is 15.6 Å². The highest BCUT2D eigenvalue weighted by Crippen LogP contribution is 2.27. The number of aromatic amines is 1. The van der Waals surface area contributed by atoms with Crippen LogP contribution >= 0.6 is 11.6 Å². The number of aliphatic hydroxyl groups is 1. The van der Waals surface area contributed by atoms with Gasteiger partial charge >= 0.3 is 0 Å². The van der Waals surface area contributed by atoms with Gasteiger partial charge in [0.1, 0.15) is 12.0 Å². The normalized spacial score (nSPS) is 16.1. The number of nitrogens with one attached hydrogen (secondary N) is 2. The molecule has 1 heterocycles. The molecule has 2 aromatic rings. The lowest BCUT2D eigenvalue weighted by atomic mass is 9.88. The highest BCUT2D eigenvalue weighted by Gasteiger charge is 2.24. The topological polar surface area (TPSA) is 104 Å². The van der Waals surface area contributed by atoms with Gasteiger partial charge in [-0.25, -0.2) is 0 Å². The van der Waals surface area contributed by atoms with E-state index in [2.05, 4.69) is 15.3 Å². The minimum atomic E-state index is -0.905. The maximum absolute atomic E-state index is 12.5. The maximum Gasteiger partial charge on any atom is 0.269 e. The van der Waals surface area contributed by atoms with Crippen molar-refractivity contribution in [1.82, 2.24) is 15.3 Å². The summed E-state index contributed by atoms with van der Waals surface area (Å²) < 4.78 is 5.51. The summed E-state index contributed by atoms with van der Waals surface area (Å²) in [6.07, 6.45) is 6.65. The molecule has 3 rings (SSSR count). The van der Waals surface area contributed by atoms with E-state index in [1.807, 2.05) is 0 Å². The lowest BCUT2D eigenvalue weighted by molar-refractivity contribution is 0.0463. The molecule has 0 radical (unpaired) electrons. The smallest absolute Gasteiger partial charge is 0.269 e. The molecule has 1 saturated carbocycles. The minimum Gasteiger partial charge on any atom is -0.439 e. The number of H-pyrrole nitrogens is 1. The van der Waals surface area contributed by atoms with Crippen molar-refractivity contribution in [3.05, 3.63) is 51.5 Å². The van der Waals surface area contributed by atoms with Gasteiger partial charge in [-0.3, -0.25) is 19.6 Å². The van der Waals surface area contributed by atoms with E-state index in [4.69, 9.17) is 16.3 Å². The summed E-state index contributed by atoms with van der Waals surface area (Å²) in [4.78, 5) is 30.0. The van der Waals surface area contributed by atoms with Crippen LogP contribution in [0.5, 0.6) is 11.6 Å². The zero-order valence-corrected chi connectivity index (χ0v) is 14.8. The second-order valence-electron chi connectivity index (χ2n) is 6.32. The third-order valence-electron chi connectivity index (χ3n) is 4.42. The standard InChI is InChI=1S/C18H20ClN3O4/c19-14-7-6-12(26-16-10-20-9-15(23)21-16)8-13(14)18(25)22-17(24)11-4-2-1-3-5-11/h6-11,17,24H,1-5H2,(H,21,23)(H,22,25). The Bertz CT molecular complexity index is 833. The number of nitrogens with zero attached hydrogens (tertiary/aromatic N) is 1. The number of carbonyl (C=O) groups excluding carboxylic acids is 1. The van der Waals surface area contributed by atoms with E-state index in [1.54, 1.807) is 6.07 Å². The van der Waals surface area contributed by atoms with E-state index >= 15 is 0 Å². The first kappa shape index (κ1) is 18.4. The second kappa shape index (κ2) is 8.33. The van der Waals surface area contributed by atoms with Crippen molar-refractivity contribution in [1.29, 1.82) is 0 Å². The number of halogens is 1. The summed E-state index contributed by atoms with van der Waals surface area (Å²) >= 11 is 6.12. The van der Waals surface area contributed by atoms with Gasteiger partial charge in [0.2, 0.25) is 5.88 Å². The molecule has 0 aliphatic heterocycles. The molecule has 3 N–H and O–H groups in total. The predicted molar refractivity (Wildman–Crippen MR) is 96.4 cm³/mol. The summed E-state index contributed by atoms with van der Waals surface area (Å²) in [7, 11) is 0. The van der Waals surface area contributed by atoms with Gasteiger partial charge in [-0.1, -0.05) is 30.9 Å². The van der Waals surface area contributed by atoms with Gasteiger partial charge in [-0.15, -0.1) is 0 Å². The first-order valence-corrected chi connectivity index (χ1v) is 8.91. The number of amides is 1. The largest absolute Gasteiger partial charge is 0.439 e. The Morgan fingerprint density at radius 3 is 2.81 bits per heavy atom. The van der Waals surface area contributed by atoms with Gasteiger partial charge in [0.15, 0.2) is 0 Å². The number of hydrogen-bond acceptors (Lipinski definition) is 5. The van der Waals surface area contributed by atoms with Crippen molar-refractivity contribution >= 4 is 17.5 Å². The van der Waals surface area contributed by atoms with Crippen molar-refractivity contribution in [2.24, 2.45) is 5.92 Å². The molecular formula is C18H20ClN3O4. The lowest BCUT2D eigenvalue weighted by Gasteiger charge is -2.27. The van der Waals surface area contributed by atoms with Gasteiger partial charge < -0.3 is 15.2 Å². The number of aromatic nitrogens is 2. The highest BCUT2D eigenvalue weighted by molar-refractivity contribution is 6.33. The van der Waals surface area contributed by atoms with Crippen molar-refractivity contribution in [2.45, 2.75) is 38.3 Å². The van der Waals surface area contributed by atoms with Crippen LogP contribution in [-0.4, -0.2) is 27.2 Å². The van der Waals surface area contributed by atoms with Crippen LogP contribution in [0.1, 0.15) is 42.5 Å². The van der Waals surface area contributed by atoms with E-state index in [0.29, 0.717) is 5.75 Å². The quantitative estimate of drug-likeness (QED) is 0.695. The molecule has 26 heavy (non-hydrogen) atoms. The Balaban J connectivity index is 1.72. The summed E-state index contributed by atoms with van der Waals surface area (Å²) in [6.45, 7) is 0. The molecule has 1 fully saturated rings. The average molecular weight is 378 g/mol. The Hall–Kier alpha value is -2.38. The van der Waals surface area contributed by atoms with Crippen molar-refractivity contribution in [3.8, 4) is 11.6 Å². The van der Waals surface area contributed by atoms with Crippen molar-refractivity contribution < 1.29 is 14.6 Å². The fraction of sp³-hybridized carbons (Fsp3) is 0.389. The van der Waals surface area contributed by atoms with Gasteiger partial charge in [-0.2, -0.15) is 0 Å².